The summed E-state index contributed by atoms with van der Waals surface area (Å²) in [6.07, 6.45) is 0. The number of benzene rings is 2. The highest BCUT2D eigenvalue weighted by Gasteiger charge is 2.23. The van der Waals surface area contributed by atoms with Crippen molar-refractivity contribution in [3.8, 4) is 0 Å². The number of hydrogen-bond acceptors (Lipinski definition) is 3. The van der Waals surface area contributed by atoms with Crippen molar-refractivity contribution in [1.82, 2.24) is 5.32 Å². The fourth-order valence-corrected chi connectivity index (χ4v) is 3.90. The number of amides is 1. The Hall–Kier alpha value is -1.76. The predicted octanol–water partition coefficient (Wildman–Crippen LogP) is 4.32. The van der Waals surface area contributed by atoms with Gasteiger partial charge in [0, 0.05) is 10.6 Å². The third-order valence-electron chi connectivity index (χ3n) is 3.09. The van der Waals surface area contributed by atoms with E-state index in [0.717, 1.165) is 0 Å². The zero-order chi connectivity index (χ0) is 18.8. The van der Waals surface area contributed by atoms with E-state index in [4.69, 9.17) is 23.2 Å². The van der Waals surface area contributed by atoms with Crippen LogP contribution >= 0.6 is 23.2 Å². The number of sulfonamides is 1. The molecule has 2 aromatic rings. The summed E-state index contributed by atoms with van der Waals surface area (Å²) >= 11 is 11.8. The quantitative estimate of drug-likeness (QED) is 0.801. The summed E-state index contributed by atoms with van der Waals surface area (Å²) in [7, 11) is -4.01. The van der Waals surface area contributed by atoms with E-state index in [9.17, 15) is 13.2 Å². The normalized spacial score (nSPS) is 11.9. The van der Waals surface area contributed by atoms with Crippen LogP contribution in [0.2, 0.25) is 10.0 Å². The number of anilines is 1. The van der Waals surface area contributed by atoms with Gasteiger partial charge in [0.1, 0.15) is 4.90 Å². The average molecular weight is 401 g/mol. The Morgan fingerprint density at radius 1 is 1.04 bits per heavy atom. The van der Waals surface area contributed by atoms with Gasteiger partial charge in [0.2, 0.25) is 0 Å². The first-order valence-electron chi connectivity index (χ1n) is 7.39. The van der Waals surface area contributed by atoms with Crippen molar-refractivity contribution in [3.05, 3.63) is 58.1 Å². The third-order valence-corrected chi connectivity index (χ3v) is 5.17. The van der Waals surface area contributed by atoms with E-state index in [2.05, 4.69) is 10.0 Å². The molecule has 8 heteroatoms. The summed E-state index contributed by atoms with van der Waals surface area (Å²) in [5.41, 5.74) is -0.0984. The molecule has 0 atom stereocenters. The fourth-order valence-electron chi connectivity index (χ4n) is 2.06. The van der Waals surface area contributed by atoms with Crippen LogP contribution < -0.4 is 10.0 Å². The van der Waals surface area contributed by atoms with E-state index in [1.54, 1.807) is 18.2 Å². The van der Waals surface area contributed by atoms with E-state index < -0.39 is 15.6 Å². The lowest BCUT2D eigenvalue weighted by molar-refractivity contribution is 0.0920. The Morgan fingerprint density at radius 2 is 1.68 bits per heavy atom. The fraction of sp³-hybridized carbons (Fsp3) is 0.235. The van der Waals surface area contributed by atoms with Crippen LogP contribution in [0.15, 0.2) is 47.4 Å². The van der Waals surface area contributed by atoms with Gasteiger partial charge in [-0.25, -0.2) is 8.42 Å². The number of carbonyl (C=O) groups is 1. The highest BCUT2D eigenvalue weighted by Crippen LogP contribution is 2.28. The molecule has 0 bridgehead atoms. The lowest BCUT2D eigenvalue weighted by Crippen LogP contribution is -2.40. The highest BCUT2D eigenvalue weighted by atomic mass is 35.5. The summed E-state index contributed by atoms with van der Waals surface area (Å²) < 4.78 is 27.7. The maximum atomic E-state index is 12.6. The lowest BCUT2D eigenvalue weighted by atomic mass is 10.1. The molecule has 0 aliphatic carbocycles. The molecule has 0 heterocycles. The van der Waals surface area contributed by atoms with Crippen molar-refractivity contribution >= 4 is 44.8 Å². The number of hydrogen-bond donors (Lipinski definition) is 2. The maximum absolute atomic E-state index is 12.6. The molecule has 0 unspecified atom stereocenters. The minimum atomic E-state index is -4.01. The van der Waals surface area contributed by atoms with Crippen molar-refractivity contribution < 1.29 is 13.2 Å². The number of para-hydroxylation sites is 1. The van der Waals surface area contributed by atoms with Crippen molar-refractivity contribution in [3.63, 3.8) is 0 Å². The number of halogens is 2. The van der Waals surface area contributed by atoms with Crippen LogP contribution in [0.1, 0.15) is 31.1 Å². The summed E-state index contributed by atoms with van der Waals surface area (Å²) in [6.45, 7) is 5.51. The predicted molar refractivity (Wildman–Crippen MR) is 101 cm³/mol. The second-order valence-electron chi connectivity index (χ2n) is 6.43. The van der Waals surface area contributed by atoms with Gasteiger partial charge in [0.25, 0.3) is 15.9 Å². The van der Waals surface area contributed by atoms with Gasteiger partial charge < -0.3 is 5.32 Å². The molecule has 2 aromatic carbocycles. The molecular weight excluding hydrogens is 383 g/mol. The number of nitrogens with one attached hydrogen (secondary N) is 2. The van der Waals surface area contributed by atoms with Crippen LogP contribution in [0.3, 0.4) is 0 Å². The van der Waals surface area contributed by atoms with Gasteiger partial charge in [0.05, 0.1) is 16.3 Å². The van der Waals surface area contributed by atoms with Crippen molar-refractivity contribution in [1.29, 1.82) is 0 Å². The van der Waals surface area contributed by atoms with Crippen LogP contribution in [0.25, 0.3) is 0 Å². The molecular formula is C17H18Cl2N2O3S. The van der Waals surface area contributed by atoms with Crippen LogP contribution in [0.5, 0.6) is 0 Å². The van der Waals surface area contributed by atoms with Gasteiger partial charge in [-0.2, -0.15) is 0 Å². The van der Waals surface area contributed by atoms with Gasteiger partial charge in [0.15, 0.2) is 0 Å². The zero-order valence-corrected chi connectivity index (χ0v) is 16.3. The van der Waals surface area contributed by atoms with Crippen LogP contribution in [-0.4, -0.2) is 19.9 Å². The van der Waals surface area contributed by atoms with Crippen molar-refractivity contribution in [2.45, 2.75) is 31.2 Å². The third kappa shape index (κ3) is 5.11. The molecule has 1 amide bonds. The Labute approximate surface area is 157 Å². The molecule has 0 saturated carbocycles. The molecule has 2 N–H and O–H groups in total. The molecule has 134 valence electrons. The minimum Gasteiger partial charge on any atom is -0.347 e. The molecule has 25 heavy (non-hydrogen) atoms. The number of carbonyl (C=O) groups excluding carboxylic acids is 1. The molecule has 0 saturated heterocycles. The Morgan fingerprint density at radius 3 is 2.32 bits per heavy atom. The summed E-state index contributed by atoms with van der Waals surface area (Å²) in [4.78, 5) is 12.3. The van der Waals surface area contributed by atoms with Gasteiger partial charge in [-0.15, -0.1) is 0 Å². The first kappa shape index (κ1) is 19.6. The molecule has 0 aromatic heterocycles. The molecule has 0 spiro atoms. The van der Waals surface area contributed by atoms with Crippen LogP contribution in [-0.2, 0) is 10.0 Å². The molecule has 5 nitrogen and oxygen atoms in total. The van der Waals surface area contributed by atoms with Crippen molar-refractivity contribution in [2.24, 2.45) is 0 Å². The second kappa shape index (κ2) is 7.23. The zero-order valence-electron chi connectivity index (χ0n) is 13.9. The van der Waals surface area contributed by atoms with Crippen LogP contribution in [0, 0.1) is 0 Å². The first-order chi connectivity index (χ1) is 11.5. The van der Waals surface area contributed by atoms with E-state index in [1.165, 1.54) is 24.3 Å². The largest absolute Gasteiger partial charge is 0.347 e. The monoisotopic (exact) mass is 400 g/mol. The van der Waals surface area contributed by atoms with Gasteiger partial charge in [-0.1, -0.05) is 35.3 Å². The Balaban J connectivity index is 2.41. The van der Waals surface area contributed by atoms with E-state index in [0.29, 0.717) is 0 Å². The molecule has 0 aliphatic rings. The number of rotatable bonds is 4. The topological polar surface area (TPSA) is 75.3 Å². The van der Waals surface area contributed by atoms with Gasteiger partial charge in [-0.05, 0) is 51.1 Å². The van der Waals surface area contributed by atoms with E-state index in [1.807, 2.05) is 20.8 Å². The lowest BCUT2D eigenvalue weighted by Gasteiger charge is -2.21. The molecule has 2 rings (SSSR count). The maximum Gasteiger partial charge on any atom is 0.263 e. The molecule has 0 aliphatic heterocycles. The van der Waals surface area contributed by atoms with Crippen LogP contribution in [0.4, 0.5) is 5.69 Å². The summed E-state index contributed by atoms with van der Waals surface area (Å²) in [5, 5.41) is 3.08. The molecule has 0 radical (unpaired) electrons. The SMILES string of the molecule is CC(C)(C)NC(=O)c1ccccc1NS(=O)(=O)c1cc(Cl)ccc1Cl. The van der Waals surface area contributed by atoms with Gasteiger partial charge >= 0.3 is 0 Å². The minimum absolute atomic E-state index is 0.0357. The molecule has 0 fully saturated rings. The smallest absolute Gasteiger partial charge is 0.263 e. The average Bonchev–Trinajstić information content (AvgIpc) is 2.48. The standard InChI is InChI=1S/C17H18Cl2N2O3S/c1-17(2,3)20-16(22)12-6-4-5-7-14(12)21-25(23,24)15-10-11(18)8-9-13(15)19/h4-10,21H,1-3H3,(H,20,22). The Kier molecular flexibility index (Phi) is 5.66. The highest BCUT2D eigenvalue weighted by molar-refractivity contribution is 7.92. The Bertz CT molecular complexity index is 906. The van der Waals surface area contributed by atoms with Crippen molar-refractivity contribution in [2.75, 3.05) is 4.72 Å². The summed E-state index contributed by atoms with van der Waals surface area (Å²) in [6, 6.07) is 10.5. The van der Waals surface area contributed by atoms with E-state index in [-0.39, 0.29) is 32.1 Å². The second-order valence-corrected chi connectivity index (χ2v) is 8.92. The van der Waals surface area contributed by atoms with Gasteiger partial charge in [-0.3, -0.25) is 9.52 Å². The van der Waals surface area contributed by atoms with E-state index >= 15 is 0 Å². The first-order valence-corrected chi connectivity index (χ1v) is 9.63. The summed E-state index contributed by atoms with van der Waals surface area (Å²) in [5.74, 6) is -0.386.